The Balaban J connectivity index is 1.72. The summed E-state index contributed by atoms with van der Waals surface area (Å²) >= 11 is 0. The molecule has 1 fully saturated rings. The van der Waals surface area contributed by atoms with Crippen molar-refractivity contribution in [1.29, 1.82) is 0 Å². The van der Waals surface area contributed by atoms with Gasteiger partial charge in [0.1, 0.15) is 13.3 Å². The minimum Gasteiger partial charge on any atom is -0.440 e. The molecule has 1 aliphatic carbocycles. The Hall–Kier alpha value is -2.97. The quantitative estimate of drug-likeness (QED) is 0.739. The fourth-order valence-electron chi connectivity index (χ4n) is 3.79. The first-order chi connectivity index (χ1) is 14.4. The molecule has 7 nitrogen and oxygen atoms in total. The van der Waals surface area contributed by atoms with Crippen LogP contribution in [-0.2, 0) is 9.53 Å². The number of hydrogen-bond acceptors (Lipinski definition) is 4. The number of carbonyl (C=O) groups is 2. The largest absolute Gasteiger partial charge is 0.440 e. The number of aromatic nitrogens is 2. The predicted molar refractivity (Wildman–Crippen MR) is 108 cm³/mol. The Morgan fingerprint density at radius 3 is 2.57 bits per heavy atom. The summed E-state index contributed by atoms with van der Waals surface area (Å²) in [6, 6.07) is 5.55. The number of alkyl halides is 2. The van der Waals surface area contributed by atoms with Gasteiger partial charge >= 0.3 is 6.09 Å². The molecule has 9 heteroatoms. The lowest BCUT2D eigenvalue weighted by molar-refractivity contribution is -0.117. The first kappa shape index (κ1) is 20.3. The second kappa shape index (κ2) is 8.04. The molecule has 0 radical (unpaired) electrons. The third kappa shape index (κ3) is 3.76. The molecular weight excluding hydrogens is 394 g/mol. The molecule has 4 rings (SSSR count). The Labute approximate surface area is 173 Å². The van der Waals surface area contributed by atoms with Gasteiger partial charge in [0.15, 0.2) is 6.10 Å². The molecule has 0 saturated heterocycles. The van der Waals surface area contributed by atoms with Crippen molar-refractivity contribution in [1.82, 2.24) is 9.78 Å². The van der Waals surface area contributed by atoms with Crippen LogP contribution in [0.1, 0.15) is 32.7 Å². The van der Waals surface area contributed by atoms with Crippen molar-refractivity contribution in [2.45, 2.75) is 44.9 Å². The third-order valence-corrected chi connectivity index (χ3v) is 5.44. The summed E-state index contributed by atoms with van der Waals surface area (Å²) in [6.07, 6.45) is 3.67. The monoisotopic (exact) mass is 418 g/mol. The number of hydrogen-bond donors (Lipinski definition) is 0. The van der Waals surface area contributed by atoms with E-state index in [0.29, 0.717) is 17.4 Å². The van der Waals surface area contributed by atoms with Gasteiger partial charge in [-0.1, -0.05) is 6.07 Å². The van der Waals surface area contributed by atoms with Gasteiger partial charge in [-0.15, -0.1) is 0 Å². The lowest BCUT2D eigenvalue weighted by atomic mass is 10.0. The lowest BCUT2D eigenvalue weighted by Crippen LogP contribution is -2.52. The smallest absolute Gasteiger partial charge is 0.414 e. The van der Waals surface area contributed by atoms with Crippen molar-refractivity contribution in [3.8, 4) is 11.1 Å². The molecule has 1 aliphatic heterocycles. The van der Waals surface area contributed by atoms with Crippen molar-refractivity contribution in [2.75, 3.05) is 29.7 Å². The molecule has 0 spiro atoms. The minimum atomic E-state index is -1.44. The van der Waals surface area contributed by atoms with Gasteiger partial charge in [-0.2, -0.15) is 5.10 Å². The number of rotatable bonds is 5. The van der Waals surface area contributed by atoms with Crippen molar-refractivity contribution >= 4 is 23.4 Å². The lowest BCUT2D eigenvalue weighted by Gasteiger charge is -2.40. The summed E-state index contributed by atoms with van der Waals surface area (Å²) < 4.78 is 32.7. The van der Waals surface area contributed by atoms with Crippen LogP contribution in [0.25, 0.3) is 11.1 Å². The van der Waals surface area contributed by atoms with E-state index in [4.69, 9.17) is 4.74 Å². The van der Waals surface area contributed by atoms with Gasteiger partial charge in [0, 0.05) is 25.2 Å². The van der Waals surface area contributed by atoms with Crippen molar-refractivity contribution in [3.05, 3.63) is 30.6 Å². The fourth-order valence-corrected chi connectivity index (χ4v) is 3.79. The van der Waals surface area contributed by atoms with Crippen molar-refractivity contribution in [2.24, 2.45) is 0 Å². The molecule has 0 N–H and O–H groups in total. The van der Waals surface area contributed by atoms with E-state index in [-0.39, 0.29) is 18.5 Å². The summed E-state index contributed by atoms with van der Waals surface area (Å²) in [7, 11) is 0. The average Bonchev–Trinajstić information content (AvgIpc) is 3.47. The highest BCUT2D eigenvalue weighted by atomic mass is 19.1. The zero-order valence-corrected chi connectivity index (χ0v) is 16.9. The highest BCUT2D eigenvalue weighted by molar-refractivity contribution is 6.03. The van der Waals surface area contributed by atoms with Crippen molar-refractivity contribution < 1.29 is 23.1 Å². The number of benzene rings is 1. The van der Waals surface area contributed by atoms with E-state index in [0.717, 1.165) is 24.0 Å². The number of carbonyl (C=O) groups excluding carboxylic acids is 2. The SMILES string of the molecule is CC(=O)N1c2ccc(-c3cnn(C4CC4)c3)cc2N(C(=O)OC(CF)CF)CC1C. The van der Waals surface area contributed by atoms with Crippen LogP contribution in [0, 0.1) is 0 Å². The second-order valence-corrected chi connectivity index (χ2v) is 7.81. The number of fused-ring (bicyclic) bond motifs is 1. The van der Waals surface area contributed by atoms with Crippen LogP contribution in [0.2, 0.25) is 0 Å². The summed E-state index contributed by atoms with van der Waals surface area (Å²) in [5.74, 6) is -0.156. The Bertz CT molecular complexity index is 955. The average molecular weight is 418 g/mol. The van der Waals surface area contributed by atoms with Crippen LogP contribution in [0.15, 0.2) is 30.6 Å². The second-order valence-electron chi connectivity index (χ2n) is 7.81. The van der Waals surface area contributed by atoms with Crippen LogP contribution < -0.4 is 9.80 Å². The molecule has 1 aromatic heterocycles. The van der Waals surface area contributed by atoms with E-state index in [1.54, 1.807) is 30.2 Å². The van der Waals surface area contributed by atoms with Gasteiger partial charge in [-0.05, 0) is 37.5 Å². The number of anilines is 2. The third-order valence-electron chi connectivity index (χ3n) is 5.44. The molecule has 2 heterocycles. The molecule has 1 unspecified atom stereocenters. The molecule has 2 amide bonds. The highest BCUT2D eigenvalue weighted by Crippen LogP contribution is 2.40. The van der Waals surface area contributed by atoms with Gasteiger partial charge in [0.25, 0.3) is 0 Å². The maximum Gasteiger partial charge on any atom is 0.414 e. The van der Waals surface area contributed by atoms with E-state index in [1.807, 2.05) is 16.9 Å². The predicted octanol–water partition coefficient (Wildman–Crippen LogP) is 3.89. The Morgan fingerprint density at radius 2 is 1.93 bits per heavy atom. The normalized spacial score (nSPS) is 18.5. The van der Waals surface area contributed by atoms with E-state index in [1.165, 1.54) is 11.8 Å². The zero-order valence-electron chi connectivity index (χ0n) is 16.9. The Kier molecular flexibility index (Phi) is 5.44. The van der Waals surface area contributed by atoms with E-state index >= 15 is 0 Å². The van der Waals surface area contributed by atoms with Gasteiger partial charge in [0.05, 0.1) is 29.7 Å². The minimum absolute atomic E-state index is 0.154. The molecule has 160 valence electrons. The standard InChI is InChI=1S/C21H24F2N4O3/c1-13-11-25(21(29)30-18(8-22)9-23)20-7-15(3-6-19(20)27(13)14(2)28)16-10-24-26(12-16)17-4-5-17/h3,6-7,10,12-13,17-18H,4-5,8-9,11H2,1-2H3. The van der Waals surface area contributed by atoms with Gasteiger partial charge in [-0.25, -0.2) is 13.6 Å². The molecule has 0 bridgehead atoms. The molecule has 2 aliphatic rings. The van der Waals surface area contributed by atoms with Crippen LogP contribution in [0.5, 0.6) is 0 Å². The maximum absolute atomic E-state index is 12.9. The molecular formula is C21H24F2N4O3. The van der Waals surface area contributed by atoms with Gasteiger partial charge < -0.3 is 9.64 Å². The first-order valence-corrected chi connectivity index (χ1v) is 10.0. The number of halogens is 2. The number of ether oxygens (including phenoxy) is 1. The van der Waals surface area contributed by atoms with Crippen molar-refractivity contribution in [3.63, 3.8) is 0 Å². The summed E-state index contributed by atoms with van der Waals surface area (Å²) in [4.78, 5) is 27.9. The molecule has 30 heavy (non-hydrogen) atoms. The molecule has 1 saturated carbocycles. The Morgan fingerprint density at radius 1 is 1.20 bits per heavy atom. The number of amides is 2. The molecule has 2 aromatic rings. The maximum atomic E-state index is 12.9. The van der Waals surface area contributed by atoms with Crippen LogP contribution in [0.3, 0.4) is 0 Å². The first-order valence-electron chi connectivity index (χ1n) is 10.0. The summed E-state index contributed by atoms with van der Waals surface area (Å²) in [5.41, 5.74) is 2.72. The highest BCUT2D eigenvalue weighted by Gasteiger charge is 2.35. The van der Waals surface area contributed by atoms with E-state index in [2.05, 4.69) is 5.10 Å². The van der Waals surface area contributed by atoms with E-state index < -0.39 is 25.5 Å². The molecule has 1 aromatic carbocycles. The van der Waals surface area contributed by atoms with Gasteiger partial charge in [0.2, 0.25) is 5.91 Å². The van der Waals surface area contributed by atoms with Crippen LogP contribution in [0.4, 0.5) is 25.0 Å². The fraction of sp³-hybridized carbons (Fsp3) is 0.476. The summed E-state index contributed by atoms with van der Waals surface area (Å²) in [5, 5.41) is 4.40. The topological polar surface area (TPSA) is 67.7 Å². The zero-order chi connectivity index (χ0) is 21.4. The van der Waals surface area contributed by atoms with Gasteiger partial charge in [-0.3, -0.25) is 14.4 Å². The number of nitrogens with zero attached hydrogens (tertiary/aromatic N) is 4. The van der Waals surface area contributed by atoms with Crippen LogP contribution in [-0.4, -0.2) is 53.8 Å². The van der Waals surface area contributed by atoms with Crippen LogP contribution >= 0.6 is 0 Å². The van der Waals surface area contributed by atoms with E-state index in [9.17, 15) is 18.4 Å². The summed E-state index contributed by atoms with van der Waals surface area (Å²) in [6.45, 7) is 1.22. The molecule has 1 atom stereocenters.